The lowest BCUT2D eigenvalue weighted by Gasteiger charge is -2.27. The Morgan fingerprint density at radius 2 is 2.00 bits per heavy atom. The maximum Gasteiger partial charge on any atom is 0.338 e. The summed E-state index contributed by atoms with van der Waals surface area (Å²) in [5.41, 5.74) is 1.44. The molecule has 0 saturated carbocycles. The first-order valence-corrected chi connectivity index (χ1v) is 9.45. The van der Waals surface area contributed by atoms with Crippen molar-refractivity contribution in [3.8, 4) is 6.07 Å². The van der Waals surface area contributed by atoms with Gasteiger partial charge in [-0.05, 0) is 24.6 Å². The fraction of sp³-hybridized carbons (Fsp3) is 0.450. The zero-order chi connectivity index (χ0) is 20.2. The number of carbonyl (C=O) groups excluding carboxylic acids is 2. The van der Waals surface area contributed by atoms with Gasteiger partial charge in [-0.1, -0.05) is 12.1 Å². The van der Waals surface area contributed by atoms with Crippen LogP contribution in [0.3, 0.4) is 0 Å². The molecule has 3 N–H and O–H groups in total. The molecule has 2 rings (SSSR count). The molecular formula is C20H27N5O3. The highest BCUT2D eigenvalue weighted by molar-refractivity contribution is 5.97. The lowest BCUT2D eigenvalue weighted by Crippen LogP contribution is -2.46. The van der Waals surface area contributed by atoms with Gasteiger partial charge in [-0.15, -0.1) is 0 Å². The highest BCUT2D eigenvalue weighted by atomic mass is 16.5. The van der Waals surface area contributed by atoms with Gasteiger partial charge in [-0.3, -0.25) is 9.69 Å². The molecule has 0 aromatic heterocycles. The van der Waals surface area contributed by atoms with Crippen molar-refractivity contribution in [3.05, 3.63) is 47.2 Å². The van der Waals surface area contributed by atoms with Crippen LogP contribution >= 0.6 is 0 Å². The monoisotopic (exact) mass is 385 g/mol. The van der Waals surface area contributed by atoms with E-state index in [0.717, 1.165) is 38.3 Å². The van der Waals surface area contributed by atoms with Crippen LogP contribution in [-0.4, -0.2) is 62.7 Å². The Bertz CT molecular complexity index is 718. The molecule has 1 aromatic carbocycles. The molecule has 1 aliphatic rings. The summed E-state index contributed by atoms with van der Waals surface area (Å²) in [5, 5.41) is 18.2. The molecule has 0 unspecified atom stereocenters. The third-order valence-electron chi connectivity index (χ3n) is 4.31. The number of esters is 1. The molecule has 1 fully saturated rings. The molecule has 0 bridgehead atoms. The van der Waals surface area contributed by atoms with E-state index in [2.05, 4.69) is 20.9 Å². The van der Waals surface area contributed by atoms with Gasteiger partial charge in [-0.2, -0.15) is 5.26 Å². The van der Waals surface area contributed by atoms with E-state index in [0.29, 0.717) is 25.3 Å². The van der Waals surface area contributed by atoms with E-state index in [1.165, 1.54) is 6.20 Å². The number of nitriles is 1. The number of nitrogens with one attached hydrogen (secondary N) is 3. The van der Waals surface area contributed by atoms with E-state index >= 15 is 0 Å². The van der Waals surface area contributed by atoms with Crippen molar-refractivity contribution in [1.29, 1.82) is 5.26 Å². The van der Waals surface area contributed by atoms with Crippen molar-refractivity contribution in [1.82, 2.24) is 20.9 Å². The van der Waals surface area contributed by atoms with Crippen molar-refractivity contribution in [2.45, 2.75) is 13.5 Å². The quantitative estimate of drug-likeness (QED) is 0.321. The number of hydrogen-bond acceptors (Lipinski definition) is 7. The predicted octanol–water partition coefficient (Wildman–Crippen LogP) is 0.382. The Kier molecular flexibility index (Phi) is 8.98. The Morgan fingerprint density at radius 1 is 1.29 bits per heavy atom. The largest absolute Gasteiger partial charge is 0.462 e. The first-order valence-electron chi connectivity index (χ1n) is 9.45. The molecule has 0 radical (unpaired) electrons. The van der Waals surface area contributed by atoms with E-state index in [4.69, 9.17) is 4.74 Å². The summed E-state index contributed by atoms with van der Waals surface area (Å²) in [7, 11) is 0. The van der Waals surface area contributed by atoms with Gasteiger partial charge in [0.2, 0.25) is 0 Å². The predicted molar refractivity (Wildman–Crippen MR) is 105 cm³/mol. The van der Waals surface area contributed by atoms with Crippen molar-refractivity contribution >= 4 is 11.9 Å². The average molecular weight is 385 g/mol. The zero-order valence-corrected chi connectivity index (χ0v) is 16.2. The van der Waals surface area contributed by atoms with Gasteiger partial charge in [0.15, 0.2) is 0 Å². The van der Waals surface area contributed by atoms with Crippen molar-refractivity contribution < 1.29 is 14.3 Å². The molecule has 150 valence electrons. The number of nitrogens with zero attached hydrogens (tertiary/aromatic N) is 2. The first-order chi connectivity index (χ1) is 13.6. The fourth-order valence-electron chi connectivity index (χ4n) is 2.75. The molecule has 0 aliphatic carbocycles. The van der Waals surface area contributed by atoms with E-state index in [1.54, 1.807) is 31.2 Å². The number of hydrogen-bond donors (Lipinski definition) is 3. The smallest absolute Gasteiger partial charge is 0.338 e. The molecule has 28 heavy (non-hydrogen) atoms. The molecule has 8 nitrogen and oxygen atoms in total. The number of piperazine rings is 1. The summed E-state index contributed by atoms with van der Waals surface area (Å²) >= 11 is 0. The second kappa shape index (κ2) is 11.7. The van der Waals surface area contributed by atoms with Crippen LogP contribution in [0.15, 0.2) is 36.0 Å². The summed E-state index contributed by atoms with van der Waals surface area (Å²) in [5.74, 6) is -0.742. The summed E-state index contributed by atoms with van der Waals surface area (Å²) in [4.78, 5) is 26.0. The molecule has 1 aromatic rings. The van der Waals surface area contributed by atoms with Crippen LogP contribution in [0.4, 0.5) is 0 Å². The highest BCUT2D eigenvalue weighted by Gasteiger charge is 2.11. The maximum absolute atomic E-state index is 12.1. The minimum atomic E-state index is -0.386. The van der Waals surface area contributed by atoms with Crippen LogP contribution < -0.4 is 16.0 Å². The Morgan fingerprint density at radius 3 is 2.64 bits per heavy atom. The van der Waals surface area contributed by atoms with Gasteiger partial charge in [-0.25, -0.2) is 4.79 Å². The third-order valence-corrected chi connectivity index (χ3v) is 4.31. The fourth-order valence-corrected chi connectivity index (χ4v) is 2.75. The summed E-state index contributed by atoms with van der Waals surface area (Å²) in [6.07, 6.45) is 1.42. The minimum absolute atomic E-state index is 0.0310. The van der Waals surface area contributed by atoms with Gasteiger partial charge in [0, 0.05) is 52.0 Å². The van der Waals surface area contributed by atoms with E-state index in [9.17, 15) is 14.9 Å². The minimum Gasteiger partial charge on any atom is -0.462 e. The standard InChI is InChI=1S/C20H27N5O3/c1-2-28-20(27)17-5-3-16(4-6-17)14-23-15-18(13-21)19(26)24-9-12-25-10-7-22-8-11-25/h3-6,15,22-23H,2,7-12,14H2,1H3,(H,24,26)/b18-15-. The molecule has 0 spiro atoms. The Balaban J connectivity index is 1.76. The van der Waals surface area contributed by atoms with Crippen LogP contribution in [0.1, 0.15) is 22.8 Å². The summed E-state index contributed by atoms with van der Waals surface area (Å²) in [6, 6.07) is 8.89. The van der Waals surface area contributed by atoms with E-state index < -0.39 is 0 Å². The summed E-state index contributed by atoms with van der Waals surface area (Å²) < 4.78 is 4.94. The molecule has 1 heterocycles. The molecule has 8 heteroatoms. The van der Waals surface area contributed by atoms with Crippen LogP contribution in [0.5, 0.6) is 0 Å². The second-order valence-corrected chi connectivity index (χ2v) is 6.32. The van der Waals surface area contributed by atoms with Crippen LogP contribution in [0.25, 0.3) is 0 Å². The number of ether oxygens (including phenoxy) is 1. The highest BCUT2D eigenvalue weighted by Crippen LogP contribution is 2.06. The van der Waals surface area contributed by atoms with Crippen molar-refractivity contribution in [2.24, 2.45) is 0 Å². The molecule has 0 atom stereocenters. The van der Waals surface area contributed by atoms with Gasteiger partial charge in [0.25, 0.3) is 5.91 Å². The van der Waals surface area contributed by atoms with Gasteiger partial charge in [0.1, 0.15) is 11.6 Å². The topological polar surface area (TPSA) is 106 Å². The Labute approximate surface area is 165 Å². The zero-order valence-electron chi connectivity index (χ0n) is 16.2. The van der Waals surface area contributed by atoms with Gasteiger partial charge in [0.05, 0.1) is 12.2 Å². The number of rotatable bonds is 9. The average Bonchev–Trinajstić information content (AvgIpc) is 2.72. The lowest BCUT2D eigenvalue weighted by molar-refractivity contribution is -0.117. The number of carbonyl (C=O) groups is 2. The third kappa shape index (κ3) is 7.02. The van der Waals surface area contributed by atoms with E-state index in [1.807, 2.05) is 6.07 Å². The maximum atomic E-state index is 12.1. The number of benzene rings is 1. The van der Waals surface area contributed by atoms with E-state index in [-0.39, 0.29) is 17.4 Å². The number of amides is 1. The molecule has 1 saturated heterocycles. The molecular weight excluding hydrogens is 358 g/mol. The van der Waals surface area contributed by atoms with Gasteiger partial charge < -0.3 is 20.7 Å². The van der Waals surface area contributed by atoms with Crippen LogP contribution in [-0.2, 0) is 16.1 Å². The lowest BCUT2D eigenvalue weighted by atomic mass is 10.1. The first kappa shape index (κ1) is 21.4. The summed E-state index contributed by atoms with van der Waals surface area (Å²) in [6.45, 7) is 7.66. The Hall–Kier alpha value is -2.89. The van der Waals surface area contributed by atoms with Crippen LogP contribution in [0.2, 0.25) is 0 Å². The van der Waals surface area contributed by atoms with Crippen molar-refractivity contribution in [3.63, 3.8) is 0 Å². The van der Waals surface area contributed by atoms with Gasteiger partial charge >= 0.3 is 5.97 Å². The molecule has 1 amide bonds. The normalized spacial score (nSPS) is 14.8. The van der Waals surface area contributed by atoms with Crippen LogP contribution in [0, 0.1) is 11.3 Å². The second-order valence-electron chi connectivity index (χ2n) is 6.32. The SMILES string of the molecule is CCOC(=O)c1ccc(CN/C=C(/C#N)C(=O)NCCN2CCNCC2)cc1. The molecule has 1 aliphatic heterocycles. The van der Waals surface area contributed by atoms with Crippen molar-refractivity contribution in [2.75, 3.05) is 45.9 Å².